The molecule has 1 heterocycles. The summed E-state index contributed by atoms with van der Waals surface area (Å²) in [6.45, 7) is 4.43. The molecule has 1 saturated heterocycles. The lowest BCUT2D eigenvalue weighted by molar-refractivity contribution is -0.127. The van der Waals surface area contributed by atoms with Crippen LogP contribution in [0.1, 0.15) is 51.4 Å². The number of fused-ring (bicyclic) bond motifs is 2. The first kappa shape index (κ1) is 15.3. The quantitative estimate of drug-likeness (QED) is 0.759. The molecule has 0 spiro atoms. The molecule has 1 aliphatic heterocycles. The lowest BCUT2D eigenvalue weighted by Gasteiger charge is -2.27. The van der Waals surface area contributed by atoms with Crippen molar-refractivity contribution in [1.82, 2.24) is 10.2 Å². The molecule has 0 aromatic heterocycles. The molecule has 4 unspecified atom stereocenters. The minimum Gasteiger partial charge on any atom is -0.356 e. The van der Waals surface area contributed by atoms with E-state index in [0.717, 1.165) is 19.5 Å². The van der Waals surface area contributed by atoms with E-state index in [0.29, 0.717) is 11.8 Å². The number of nitrogens with one attached hydrogen (secondary N) is 1. The number of rotatable bonds is 5. The molecule has 3 fully saturated rings. The van der Waals surface area contributed by atoms with Crippen LogP contribution in [-0.4, -0.2) is 43.0 Å². The van der Waals surface area contributed by atoms with Crippen LogP contribution in [-0.2, 0) is 4.79 Å². The molecule has 3 aliphatic rings. The van der Waals surface area contributed by atoms with Gasteiger partial charge in [-0.3, -0.25) is 4.79 Å². The third-order valence-corrected chi connectivity index (χ3v) is 5.93. The van der Waals surface area contributed by atoms with E-state index in [9.17, 15) is 4.79 Å². The number of nitrogens with two attached hydrogens (primary N) is 1. The molecule has 21 heavy (non-hydrogen) atoms. The number of hydrogen-bond donors (Lipinski definition) is 2. The molecule has 4 atom stereocenters. The highest BCUT2D eigenvalue weighted by Crippen LogP contribution is 2.47. The van der Waals surface area contributed by atoms with Crippen molar-refractivity contribution in [2.24, 2.45) is 23.5 Å². The number of amides is 1. The lowest BCUT2D eigenvalue weighted by atomic mass is 9.84. The molecule has 4 heteroatoms. The fourth-order valence-electron chi connectivity index (χ4n) is 4.72. The summed E-state index contributed by atoms with van der Waals surface area (Å²) in [5, 5.41) is 3.15. The van der Waals surface area contributed by atoms with Gasteiger partial charge in [0.2, 0.25) is 5.91 Å². The second-order valence-electron chi connectivity index (χ2n) is 7.34. The Hall–Kier alpha value is -0.610. The second kappa shape index (κ2) is 7.10. The zero-order chi connectivity index (χ0) is 14.7. The van der Waals surface area contributed by atoms with Crippen LogP contribution < -0.4 is 11.1 Å². The van der Waals surface area contributed by atoms with Crippen LogP contribution >= 0.6 is 0 Å². The van der Waals surface area contributed by atoms with Crippen molar-refractivity contribution in [3.8, 4) is 0 Å². The summed E-state index contributed by atoms with van der Waals surface area (Å²) in [5.41, 5.74) is 6.23. The van der Waals surface area contributed by atoms with Gasteiger partial charge in [0, 0.05) is 12.6 Å². The van der Waals surface area contributed by atoms with Gasteiger partial charge >= 0.3 is 0 Å². The van der Waals surface area contributed by atoms with Gasteiger partial charge in [-0.25, -0.2) is 0 Å². The Bertz CT molecular complexity index is 350. The smallest absolute Gasteiger partial charge is 0.224 e. The number of nitrogens with zero attached hydrogens (tertiary/aromatic N) is 1. The van der Waals surface area contributed by atoms with Crippen molar-refractivity contribution in [2.75, 3.05) is 26.2 Å². The highest BCUT2D eigenvalue weighted by Gasteiger charge is 2.48. The summed E-state index contributed by atoms with van der Waals surface area (Å²) in [4.78, 5) is 14.9. The van der Waals surface area contributed by atoms with Crippen LogP contribution in [0.15, 0.2) is 0 Å². The molecule has 2 saturated carbocycles. The van der Waals surface area contributed by atoms with E-state index < -0.39 is 0 Å². The van der Waals surface area contributed by atoms with Gasteiger partial charge in [0.1, 0.15) is 0 Å². The van der Waals surface area contributed by atoms with Gasteiger partial charge in [0.05, 0.1) is 5.92 Å². The first-order valence-corrected chi connectivity index (χ1v) is 9.01. The number of carbonyl (C=O) groups excluding carboxylic acids is 1. The molecular weight excluding hydrogens is 262 g/mol. The van der Waals surface area contributed by atoms with Crippen LogP contribution in [0.2, 0.25) is 0 Å². The fourth-order valence-corrected chi connectivity index (χ4v) is 4.72. The monoisotopic (exact) mass is 293 g/mol. The predicted octanol–water partition coefficient (Wildman–Crippen LogP) is 1.74. The number of likely N-dealkylation sites (tertiary alicyclic amines) is 1. The van der Waals surface area contributed by atoms with Crippen LogP contribution in [0.3, 0.4) is 0 Å². The first-order valence-electron chi connectivity index (χ1n) is 9.01. The van der Waals surface area contributed by atoms with Gasteiger partial charge < -0.3 is 16.0 Å². The number of carbonyl (C=O) groups is 1. The Morgan fingerprint density at radius 3 is 2.48 bits per heavy atom. The Morgan fingerprint density at radius 2 is 1.81 bits per heavy atom. The molecule has 2 aliphatic carbocycles. The van der Waals surface area contributed by atoms with Crippen molar-refractivity contribution in [3.63, 3.8) is 0 Å². The maximum absolute atomic E-state index is 12.3. The fraction of sp³-hybridized carbons (Fsp3) is 0.941. The third kappa shape index (κ3) is 3.59. The van der Waals surface area contributed by atoms with Crippen LogP contribution in [0.5, 0.6) is 0 Å². The second-order valence-corrected chi connectivity index (χ2v) is 7.34. The summed E-state index contributed by atoms with van der Waals surface area (Å²) in [6, 6.07) is 0.120. The van der Waals surface area contributed by atoms with Gasteiger partial charge in [-0.05, 0) is 70.0 Å². The molecule has 3 rings (SSSR count). The van der Waals surface area contributed by atoms with Crippen molar-refractivity contribution in [1.29, 1.82) is 0 Å². The summed E-state index contributed by atoms with van der Waals surface area (Å²) < 4.78 is 0. The van der Waals surface area contributed by atoms with Gasteiger partial charge in [0.15, 0.2) is 0 Å². The van der Waals surface area contributed by atoms with Crippen molar-refractivity contribution < 1.29 is 4.79 Å². The van der Waals surface area contributed by atoms with E-state index in [1.165, 1.54) is 58.0 Å². The van der Waals surface area contributed by atoms with Crippen molar-refractivity contribution in [3.05, 3.63) is 0 Å². The van der Waals surface area contributed by atoms with Crippen molar-refractivity contribution >= 4 is 5.91 Å². The minimum atomic E-state index is 0.0990. The Labute approximate surface area is 128 Å². The van der Waals surface area contributed by atoms with Crippen LogP contribution in [0, 0.1) is 17.8 Å². The maximum Gasteiger partial charge on any atom is 0.224 e. The average Bonchev–Trinajstić information content (AvgIpc) is 2.96. The Balaban J connectivity index is 1.34. The zero-order valence-corrected chi connectivity index (χ0v) is 13.2. The Morgan fingerprint density at radius 1 is 1.10 bits per heavy atom. The van der Waals surface area contributed by atoms with E-state index in [1.807, 2.05) is 0 Å². The molecule has 1 amide bonds. The molecule has 0 aromatic carbocycles. The van der Waals surface area contributed by atoms with Gasteiger partial charge in [-0.2, -0.15) is 0 Å². The van der Waals surface area contributed by atoms with Crippen molar-refractivity contribution in [2.45, 2.75) is 57.4 Å². The predicted molar refractivity (Wildman–Crippen MR) is 84.8 cm³/mol. The van der Waals surface area contributed by atoms with E-state index >= 15 is 0 Å². The van der Waals surface area contributed by atoms with E-state index in [1.54, 1.807) is 0 Å². The zero-order valence-electron chi connectivity index (χ0n) is 13.2. The molecule has 0 aromatic rings. The molecule has 2 bridgehead atoms. The highest BCUT2D eigenvalue weighted by atomic mass is 16.1. The summed E-state index contributed by atoms with van der Waals surface area (Å²) in [6.07, 6.45) is 10.2. The summed E-state index contributed by atoms with van der Waals surface area (Å²) in [5.74, 6) is 1.51. The Kier molecular flexibility index (Phi) is 5.17. The van der Waals surface area contributed by atoms with Gasteiger partial charge in [0.25, 0.3) is 0 Å². The molecule has 120 valence electrons. The van der Waals surface area contributed by atoms with E-state index in [4.69, 9.17) is 5.73 Å². The average molecular weight is 293 g/mol. The molecular formula is C17H31N3O. The normalized spacial score (nSPS) is 36.6. The molecule has 4 nitrogen and oxygen atoms in total. The molecule has 0 radical (unpaired) electrons. The van der Waals surface area contributed by atoms with Gasteiger partial charge in [-0.15, -0.1) is 0 Å². The highest BCUT2D eigenvalue weighted by molar-refractivity contribution is 5.80. The lowest BCUT2D eigenvalue weighted by Crippen LogP contribution is -2.45. The summed E-state index contributed by atoms with van der Waals surface area (Å²) in [7, 11) is 0. The van der Waals surface area contributed by atoms with Gasteiger partial charge in [-0.1, -0.05) is 12.8 Å². The first-order chi connectivity index (χ1) is 10.3. The third-order valence-electron chi connectivity index (χ3n) is 5.93. The van der Waals surface area contributed by atoms with Crippen LogP contribution in [0.4, 0.5) is 0 Å². The maximum atomic E-state index is 12.3. The minimum absolute atomic E-state index is 0.0990. The van der Waals surface area contributed by atoms with E-state index in [2.05, 4.69) is 10.2 Å². The number of hydrogen-bond acceptors (Lipinski definition) is 3. The summed E-state index contributed by atoms with van der Waals surface area (Å²) >= 11 is 0. The SMILES string of the molecule is NC1C2CCC(C2)C1C(=O)NCCCN1CCCCCC1. The van der Waals surface area contributed by atoms with E-state index in [-0.39, 0.29) is 17.9 Å². The molecule has 3 N–H and O–H groups in total. The standard InChI is InChI=1S/C17H31N3O/c18-16-14-7-6-13(12-14)15(16)17(21)19-8-5-11-20-9-3-1-2-4-10-20/h13-16H,1-12,18H2,(H,19,21). The largest absolute Gasteiger partial charge is 0.356 e. The topological polar surface area (TPSA) is 58.4 Å². The van der Waals surface area contributed by atoms with Crippen LogP contribution in [0.25, 0.3) is 0 Å².